The molecular formula is C14H16Cl2FNO3. The summed E-state index contributed by atoms with van der Waals surface area (Å²) in [4.78, 5) is 24.3. The van der Waals surface area contributed by atoms with Crippen molar-refractivity contribution in [2.75, 3.05) is 7.05 Å². The van der Waals surface area contributed by atoms with Gasteiger partial charge in [0.05, 0.1) is 5.02 Å². The second-order valence-electron chi connectivity index (χ2n) is 5.46. The fourth-order valence-corrected chi connectivity index (χ4v) is 2.08. The number of ether oxygens (including phenoxy) is 1. The minimum atomic E-state index is -1.07. The zero-order valence-corrected chi connectivity index (χ0v) is 13.6. The zero-order chi connectivity index (χ0) is 16.4. The zero-order valence-electron chi connectivity index (χ0n) is 12.1. The number of carbonyl (C=O) groups excluding carboxylic acids is 2. The fourth-order valence-electron chi connectivity index (χ4n) is 1.59. The SMILES string of the molecule is CN(C(=O)OC(C)(C)C)C(C=O)c1cc(F)c(Cl)cc1Cl. The number of carbonyl (C=O) groups is 2. The van der Waals surface area contributed by atoms with Crippen LogP contribution in [0.5, 0.6) is 0 Å². The molecule has 0 bridgehead atoms. The third-order valence-corrected chi connectivity index (χ3v) is 3.20. The molecule has 0 radical (unpaired) electrons. The van der Waals surface area contributed by atoms with Crippen molar-refractivity contribution in [3.8, 4) is 0 Å². The van der Waals surface area contributed by atoms with Gasteiger partial charge in [-0.2, -0.15) is 0 Å². The second kappa shape index (κ2) is 6.62. The van der Waals surface area contributed by atoms with E-state index in [-0.39, 0.29) is 15.6 Å². The molecule has 0 heterocycles. The molecule has 116 valence electrons. The summed E-state index contributed by atoms with van der Waals surface area (Å²) in [6.07, 6.45) is -0.232. The monoisotopic (exact) mass is 335 g/mol. The summed E-state index contributed by atoms with van der Waals surface area (Å²) >= 11 is 11.6. The van der Waals surface area contributed by atoms with Gasteiger partial charge in [0.2, 0.25) is 0 Å². The van der Waals surface area contributed by atoms with Crippen LogP contribution in [0.4, 0.5) is 9.18 Å². The number of aldehydes is 1. The molecule has 7 heteroatoms. The lowest BCUT2D eigenvalue weighted by atomic mass is 10.1. The van der Waals surface area contributed by atoms with E-state index < -0.39 is 23.6 Å². The van der Waals surface area contributed by atoms with Crippen molar-refractivity contribution >= 4 is 35.6 Å². The summed E-state index contributed by atoms with van der Waals surface area (Å²) in [5.74, 6) is -0.722. The number of hydrogen-bond donors (Lipinski definition) is 0. The van der Waals surface area contributed by atoms with Gasteiger partial charge in [-0.3, -0.25) is 4.90 Å². The van der Waals surface area contributed by atoms with Crippen LogP contribution >= 0.6 is 23.2 Å². The Labute approximate surface area is 132 Å². The average Bonchev–Trinajstić information content (AvgIpc) is 2.34. The molecule has 1 atom stereocenters. The van der Waals surface area contributed by atoms with E-state index in [4.69, 9.17) is 27.9 Å². The van der Waals surface area contributed by atoms with E-state index in [0.717, 1.165) is 11.0 Å². The third kappa shape index (κ3) is 4.58. The molecule has 1 rings (SSSR count). The first kappa shape index (κ1) is 17.7. The van der Waals surface area contributed by atoms with Gasteiger partial charge in [-0.15, -0.1) is 0 Å². The van der Waals surface area contributed by atoms with Gasteiger partial charge >= 0.3 is 6.09 Å². The van der Waals surface area contributed by atoms with Crippen LogP contribution in [0, 0.1) is 5.82 Å². The molecule has 0 aromatic heterocycles. The molecule has 1 amide bonds. The molecule has 0 spiro atoms. The van der Waals surface area contributed by atoms with Crippen molar-refractivity contribution in [2.45, 2.75) is 32.4 Å². The third-order valence-electron chi connectivity index (χ3n) is 2.59. The average molecular weight is 336 g/mol. The molecular weight excluding hydrogens is 320 g/mol. The van der Waals surface area contributed by atoms with E-state index in [1.807, 2.05) is 0 Å². The van der Waals surface area contributed by atoms with Crippen LogP contribution in [0.3, 0.4) is 0 Å². The normalized spacial score (nSPS) is 12.7. The molecule has 1 aromatic rings. The van der Waals surface area contributed by atoms with Crippen molar-refractivity contribution in [2.24, 2.45) is 0 Å². The topological polar surface area (TPSA) is 46.6 Å². The molecule has 0 aliphatic rings. The highest BCUT2D eigenvalue weighted by Gasteiger charge is 2.28. The van der Waals surface area contributed by atoms with Gasteiger partial charge < -0.3 is 9.53 Å². The summed E-state index contributed by atoms with van der Waals surface area (Å²) in [5.41, 5.74) is -0.574. The highest BCUT2D eigenvalue weighted by molar-refractivity contribution is 6.35. The van der Waals surface area contributed by atoms with Crippen molar-refractivity contribution in [3.05, 3.63) is 33.6 Å². The van der Waals surface area contributed by atoms with Gasteiger partial charge in [0, 0.05) is 17.6 Å². The predicted molar refractivity (Wildman–Crippen MR) is 79.2 cm³/mol. The van der Waals surface area contributed by atoms with E-state index >= 15 is 0 Å². The Hall–Kier alpha value is -1.33. The van der Waals surface area contributed by atoms with Crippen LogP contribution in [-0.2, 0) is 9.53 Å². The molecule has 1 unspecified atom stereocenters. The summed E-state index contributed by atoms with van der Waals surface area (Å²) in [5, 5.41) is -0.0674. The minimum Gasteiger partial charge on any atom is -0.444 e. The van der Waals surface area contributed by atoms with Crippen molar-refractivity contribution in [1.82, 2.24) is 4.90 Å². The maximum atomic E-state index is 13.6. The van der Waals surface area contributed by atoms with Crippen LogP contribution in [-0.4, -0.2) is 29.9 Å². The van der Waals surface area contributed by atoms with Gasteiger partial charge in [0.15, 0.2) is 0 Å². The number of likely N-dealkylation sites (N-methyl/N-ethyl adjacent to an activating group) is 1. The summed E-state index contributed by atoms with van der Waals surface area (Å²) < 4.78 is 18.7. The van der Waals surface area contributed by atoms with E-state index in [1.165, 1.54) is 13.1 Å². The first-order valence-electron chi connectivity index (χ1n) is 6.12. The van der Waals surface area contributed by atoms with Crippen LogP contribution in [0.25, 0.3) is 0 Å². The Morgan fingerprint density at radius 1 is 1.33 bits per heavy atom. The number of hydrogen-bond acceptors (Lipinski definition) is 3. The number of rotatable bonds is 3. The lowest BCUT2D eigenvalue weighted by molar-refractivity contribution is -0.112. The number of benzene rings is 1. The van der Waals surface area contributed by atoms with Crippen LogP contribution < -0.4 is 0 Å². The van der Waals surface area contributed by atoms with E-state index in [2.05, 4.69) is 0 Å². The fraction of sp³-hybridized carbons (Fsp3) is 0.429. The molecule has 0 aliphatic heterocycles. The van der Waals surface area contributed by atoms with E-state index in [9.17, 15) is 14.0 Å². The largest absolute Gasteiger partial charge is 0.444 e. The first-order valence-corrected chi connectivity index (χ1v) is 6.88. The summed E-state index contributed by atoms with van der Waals surface area (Å²) in [7, 11) is 1.37. The minimum absolute atomic E-state index is 0.0916. The summed E-state index contributed by atoms with van der Waals surface area (Å²) in [6.45, 7) is 5.09. The predicted octanol–water partition coefficient (Wildman–Crippen LogP) is 4.24. The number of nitrogens with zero attached hydrogens (tertiary/aromatic N) is 1. The van der Waals surface area contributed by atoms with Crippen molar-refractivity contribution in [1.29, 1.82) is 0 Å². The van der Waals surface area contributed by atoms with Gasteiger partial charge in [-0.25, -0.2) is 9.18 Å². The molecule has 0 saturated carbocycles. The number of halogens is 3. The van der Waals surface area contributed by atoms with E-state index in [0.29, 0.717) is 6.29 Å². The van der Waals surface area contributed by atoms with Crippen LogP contribution in [0.15, 0.2) is 12.1 Å². The highest BCUT2D eigenvalue weighted by Crippen LogP contribution is 2.31. The van der Waals surface area contributed by atoms with Gasteiger partial charge in [-0.05, 0) is 32.9 Å². The van der Waals surface area contributed by atoms with Crippen LogP contribution in [0.2, 0.25) is 10.0 Å². The lowest BCUT2D eigenvalue weighted by Crippen LogP contribution is -2.37. The maximum absolute atomic E-state index is 13.6. The molecule has 0 saturated heterocycles. The number of amides is 1. The Morgan fingerprint density at radius 3 is 2.38 bits per heavy atom. The Morgan fingerprint density at radius 2 is 1.90 bits per heavy atom. The molecule has 0 fully saturated rings. The van der Waals surface area contributed by atoms with Crippen molar-refractivity contribution in [3.63, 3.8) is 0 Å². The Balaban J connectivity index is 3.11. The van der Waals surface area contributed by atoms with Gasteiger partial charge in [-0.1, -0.05) is 23.2 Å². The molecule has 4 nitrogen and oxygen atoms in total. The summed E-state index contributed by atoms with van der Waals surface area (Å²) in [6, 6.07) is 1.15. The molecule has 0 aliphatic carbocycles. The van der Waals surface area contributed by atoms with Gasteiger partial charge in [0.1, 0.15) is 23.7 Å². The second-order valence-corrected chi connectivity index (χ2v) is 6.27. The smallest absolute Gasteiger partial charge is 0.410 e. The highest BCUT2D eigenvalue weighted by atomic mass is 35.5. The molecule has 21 heavy (non-hydrogen) atoms. The first-order chi connectivity index (χ1) is 9.56. The maximum Gasteiger partial charge on any atom is 0.410 e. The van der Waals surface area contributed by atoms with Gasteiger partial charge in [0.25, 0.3) is 0 Å². The lowest BCUT2D eigenvalue weighted by Gasteiger charge is -2.28. The Kier molecular flexibility index (Phi) is 5.59. The Bertz CT molecular complexity index is 558. The quantitative estimate of drug-likeness (QED) is 0.613. The van der Waals surface area contributed by atoms with Crippen LogP contribution in [0.1, 0.15) is 32.4 Å². The molecule has 1 aromatic carbocycles. The molecule has 0 N–H and O–H groups in total. The van der Waals surface area contributed by atoms with E-state index in [1.54, 1.807) is 20.8 Å². The standard InChI is InChI=1S/C14H16Cl2FNO3/c1-14(2,3)21-13(20)18(4)12(7-19)8-5-11(17)10(16)6-9(8)15/h5-7,12H,1-4H3. The van der Waals surface area contributed by atoms with Crippen molar-refractivity contribution < 1.29 is 18.7 Å².